The number of nitrogens with one attached hydrogen (secondary N) is 1. The van der Waals surface area contributed by atoms with E-state index in [9.17, 15) is 15.0 Å². The van der Waals surface area contributed by atoms with Crippen molar-refractivity contribution >= 4 is 5.97 Å². The Balaban J connectivity index is 4.61. The van der Waals surface area contributed by atoms with Crippen molar-refractivity contribution in [2.24, 2.45) is 0 Å². The van der Waals surface area contributed by atoms with Crippen molar-refractivity contribution in [1.82, 2.24) is 5.32 Å². The van der Waals surface area contributed by atoms with Crippen LogP contribution in [0.25, 0.3) is 0 Å². The van der Waals surface area contributed by atoms with Crippen molar-refractivity contribution in [1.29, 1.82) is 0 Å². The summed E-state index contributed by atoms with van der Waals surface area (Å²) in [5, 5.41) is 22.4. The molecule has 3 N–H and O–H groups in total. The van der Waals surface area contributed by atoms with Gasteiger partial charge in [-0.3, -0.25) is 10.1 Å². The van der Waals surface area contributed by atoms with E-state index in [-0.39, 0.29) is 0 Å². The largest absolute Gasteiger partial charge is 0.480 e. The molecule has 0 bridgehead atoms. The molecule has 0 fully saturated rings. The van der Waals surface area contributed by atoms with Gasteiger partial charge in [0.2, 0.25) is 0 Å². The lowest BCUT2D eigenvalue weighted by molar-refractivity contribution is -0.145. The van der Waals surface area contributed by atoms with Gasteiger partial charge in [0.1, 0.15) is 5.54 Å². The third kappa shape index (κ3) is 3.46. The first-order valence-electron chi connectivity index (χ1n) is 6.10. The molecule has 0 aromatic heterocycles. The summed E-state index contributed by atoms with van der Waals surface area (Å²) in [6, 6.07) is 0. The molecule has 0 amide bonds. The van der Waals surface area contributed by atoms with Crippen molar-refractivity contribution in [2.45, 2.75) is 64.5 Å². The number of rotatable bonds is 8. The Morgan fingerprint density at radius 2 is 1.50 bits per heavy atom. The zero-order chi connectivity index (χ0) is 12.8. The molecule has 96 valence electrons. The number of aliphatic hydroxyl groups is 1. The van der Waals surface area contributed by atoms with Gasteiger partial charge in [0.15, 0.2) is 0 Å². The maximum absolute atomic E-state index is 11.2. The normalized spacial score (nSPS) is 12.8. The summed E-state index contributed by atoms with van der Waals surface area (Å²) in [6.45, 7) is 7.84. The van der Waals surface area contributed by atoms with Crippen LogP contribution in [0.5, 0.6) is 0 Å². The van der Waals surface area contributed by atoms with Crippen molar-refractivity contribution in [3.05, 3.63) is 0 Å². The molecule has 0 aliphatic heterocycles. The number of hydrogen-bond donors (Lipinski definition) is 3. The Kier molecular flexibility index (Phi) is 5.97. The van der Waals surface area contributed by atoms with Crippen LogP contribution in [-0.4, -0.2) is 33.9 Å². The molecule has 4 heteroatoms. The first-order chi connectivity index (χ1) is 7.39. The minimum Gasteiger partial charge on any atom is -0.480 e. The van der Waals surface area contributed by atoms with Gasteiger partial charge in [0.05, 0.1) is 5.60 Å². The monoisotopic (exact) mass is 231 g/mol. The first kappa shape index (κ1) is 15.4. The number of aliphatic carboxylic acids is 1. The third-order valence-corrected chi connectivity index (χ3v) is 3.69. The minimum absolute atomic E-state index is 0.327. The molecule has 0 aliphatic rings. The van der Waals surface area contributed by atoms with Gasteiger partial charge < -0.3 is 10.2 Å². The van der Waals surface area contributed by atoms with Crippen molar-refractivity contribution in [3.8, 4) is 0 Å². The number of carbonyl (C=O) groups is 1. The fraction of sp³-hybridized carbons (Fsp3) is 0.917. The standard InChI is InChI=1S/C12H25NO3/c1-5-11(16,6-2)9-13-12(7-3,8-4)10(14)15/h13,16H,5-9H2,1-4H3,(H,14,15). The molecule has 0 unspecified atom stereocenters. The van der Waals surface area contributed by atoms with Gasteiger partial charge in [-0.2, -0.15) is 0 Å². The molecule has 0 aliphatic carbocycles. The van der Waals surface area contributed by atoms with Crippen LogP contribution in [0.15, 0.2) is 0 Å². The molecule has 0 rings (SSSR count). The fourth-order valence-electron chi connectivity index (χ4n) is 1.71. The molecular weight excluding hydrogens is 206 g/mol. The Labute approximate surface area is 98.1 Å². The van der Waals surface area contributed by atoms with E-state index in [1.807, 2.05) is 27.7 Å². The molecule has 16 heavy (non-hydrogen) atoms. The van der Waals surface area contributed by atoms with E-state index >= 15 is 0 Å². The van der Waals surface area contributed by atoms with Crippen LogP contribution >= 0.6 is 0 Å². The number of carboxylic acid groups (broad SMARTS) is 1. The van der Waals surface area contributed by atoms with Crippen LogP contribution in [0.3, 0.4) is 0 Å². The number of carboxylic acids is 1. The van der Waals surface area contributed by atoms with Crippen LogP contribution in [-0.2, 0) is 4.79 Å². The first-order valence-corrected chi connectivity index (χ1v) is 6.10. The lowest BCUT2D eigenvalue weighted by Gasteiger charge is -2.34. The SMILES string of the molecule is CCC(O)(CC)CNC(CC)(CC)C(=O)O. The Bertz CT molecular complexity index is 220. The Hall–Kier alpha value is -0.610. The Morgan fingerprint density at radius 3 is 1.75 bits per heavy atom. The third-order valence-electron chi connectivity index (χ3n) is 3.69. The van der Waals surface area contributed by atoms with E-state index in [1.54, 1.807) is 0 Å². The molecule has 0 spiro atoms. The summed E-state index contributed by atoms with van der Waals surface area (Å²) >= 11 is 0. The second kappa shape index (κ2) is 6.21. The van der Waals surface area contributed by atoms with Crippen molar-refractivity contribution in [2.75, 3.05) is 6.54 Å². The highest BCUT2D eigenvalue weighted by Gasteiger charge is 2.36. The highest BCUT2D eigenvalue weighted by molar-refractivity contribution is 5.78. The molecule has 0 aromatic carbocycles. The maximum atomic E-state index is 11.2. The lowest BCUT2D eigenvalue weighted by atomic mass is 9.90. The molecule has 4 nitrogen and oxygen atoms in total. The van der Waals surface area contributed by atoms with Gasteiger partial charge in [-0.25, -0.2) is 0 Å². The molecule has 0 heterocycles. The van der Waals surface area contributed by atoms with E-state index in [0.717, 1.165) is 0 Å². The Morgan fingerprint density at radius 1 is 1.06 bits per heavy atom. The van der Waals surface area contributed by atoms with Crippen LogP contribution in [0, 0.1) is 0 Å². The van der Waals surface area contributed by atoms with E-state index in [0.29, 0.717) is 32.2 Å². The van der Waals surface area contributed by atoms with Crippen LogP contribution in [0.2, 0.25) is 0 Å². The summed E-state index contributed by atoms with van der Waals surface area (Å²) in [5.74, 6) is -0.841. The van der Waals surface area contributed by atoms with Gasteiger partial charge in [-0.1, -0.05) is 27.7 Å². The lowest BCUT2D eigenvalue weighted by Crippen LogP contribution is -2.56. The molecule has 0 atom stereocenters. The topological polar surface area (TPSA) is 69.6 Å². The predicted octanol–water partition coefficient (Wildman–Crippen LogP) is 1.77. The smallest absolute Gasteiger partial charge is 0.323 e. The molecule has 0 saturated carbocycles. The molecular formula is C12H25NO3. The second-order valence-corrected chi connectivity index (χ2v) is 4.38. The van der Waals surface area contributed by atoms with E-state index in [1.165, 1.54) is 0 Å². The van der Waals surface area contributed by atoms with Gasteiger partial charge in [0, 0.05) is 6.54 Å². The summed E-state index contributed by atoms with van der Waals surface area (Å²) in [4.78, 5) is 11.2. The highest BCUT2D eigenvalue weighted by Crippen LogP contribution is 2.19. The van der Waals surface area contributed by atoms with Gasteiger partial charge >= 0.3 is 5.97 Å². The number of β-amino-alcohol motifs (C(OH)–C–C–N with tert-alkyl or cyclic N) is 1. The summed E-state index contributed by atoms with van der Waals surface area (Å²) in [5.41, 5.74) is -1.70. The predicted molar refractivity (Wildman–Crippen MR) is 64.5 cm³/mol. The average molecular weight is 231 g/mol. The number of hydrogen-bond acceptors (Lipinski definition) is 3. The van der Waals surface area contributed by atoms with E-state index in [4.69, 9.17) is 0 Å². The quantitative estimate of drug-likeness (QED) is 0.595. The average Bonchev–Trinajstić information content (AvgIpc) is 2.30. The van der Waals surface area contributed by atoms with Gasteiger partial charge in [0.25, 0.3) is 0 Å². The zero-order valence-corrected chi connectivity index (χ0v) is 10.8. The maximum Gasteiger partial charge on any atom is 0.323 e. The van der Waals surface area contributed by atoms with E-state index in [2.05, 4.69) is 5.32 Å². The van der Waals surface area contributed by atoms with Crippen LogP contribution in [0.4, 0.5) is 0 Å². The highest BCUT2D eigenvalue weighted by atomic mass is 16.4. The van der Waals surface area contributed by atoms with Crippen molar-refractivity contribution < 1.29 is 15.0 Å². The molecule has 0 radical (unpaired) electrons. The summed E-state index contributed by atoms with van der Waals surface area (Å²) < 4.78 is 0. The van der Waals surface area contributed by atoms with Crippen LogP contribution < -0.4 is 5.32 Å². The summed E-state index contributed by atoms with van der Waals surface area (Å²) in [7, 11) is 0. The van der Waals surface area contributed by atoms with Crippen molar-refractivity contribution in [3.63, 3.8) is 0 Å². The second-order valence-electron chi connectivity index (χ2n) is 4.38. The molecule has 0 saturated heterocycles. The fourth-order valence-corrected chi connectivity index (χ4v) is 1.71. The zero-order valence-electron chi connectivity index (χ0n) is 10.8. The summed E-state index contributed by atoms with van der Waals surface area (Å²) in [6.07, 6.45) is 2.28. The van der Waals surface area contributed by atoms with Crippen LogP contribution in [0.1, 0.15) is 53.4 Å². The molecule has 0 aromatic rings. The van der Waals surface area contributed by atoms with Gasteiger partial charge in [-0.05, 0) is 25.7 Å². The minimum atomic E-state index is -0.904. The van der Waals surface area contributed by atoms with Gasteiger partial charge in [-0.15, -0.1) is 0 Å². The van der Waals surface area contributed by atoms with E-state index < -0.39 is 17.1 Å².